The molecule has 0 atom stereocenters. The molecule has 0 aliphatic rings. The molecule has 31 heavy (non-hydrogen) atoms. The molecule has 0 saturated heterocycles. The van der Waals surface area contributed by atoms with Gasteiger partial charge in [0, 0.05) is 16.8 Å². The molecule has 0 aliphatic heterocycles. The van der Waals surface area contributed by atoms with Crippen LogP contribution in [0.2, 0.25) is 0 Å². The minimum Gasteiger partial charge on any atom is -0.497 e. The highest BCUT2D eigenvalue weighted by atomic mass is 16.5. The average molecular weight is 414 g/mol. The zero-order chi connectivity index (χ0) is 21.8. The predicted octanol–water partition coefficient (Wildman–Crippen LogP) is 4.39. The Bertz CT molecular complexity index is 1280. The second-order valence-electron chi connectivity index (χ2n) is 7.00. The molecule has 1 amide bonds. The number of nitrogens with zero attached hydrogens (tertiary/aromatic N) is 1. The third-order valence-electron chi connectivity index (χ3n) is 5.13. The molecule has 0 unspecified atom stereocenters. The number of hydrogen-bond acceptors (Lipinski definition) is 4. The van der Waals surface area contributed by atoms with Gasteiger partial charge in [0.1, 0.15) is 11.5 Å². The van der Waals surface area contributed by atoms with Gasteiger partial charge in [-0.3, -0.25) is 9.59 Å². The van der Waals surface area contributed by atoms with Crippen molar-refractivity contribution in [3.8, 4) is 11.5 Å². The number of pyridine rings is 1. The molecule has 1 heterocycles. The van der Waals surface area contributed by atoms with Gasteiger partial charge in [0.25, 0.3) is 11.5 Å². The molecule has 0 saturated carbocycles. The zero-order valence-corrected chi connectivity index (χ0v) is 17.3. The second kappa shape index (κ2) is 8.75. The van der Waals surface area contributed by atoms with Crippen LogP contribution in [0.4, 0.5) is 5.69 Å². The van der Waals surface area contributed by atoms with E-state index in [0.29, 0.717) is 28.3 Å². The van der Waals surface area contributed by atoms with Crippen molar-refractivity contribution in [3.63, 3.8) is 0 Å². The van der Waals surface area contributed by atoms with Gasteiger partial charge in [-0.05, 0) is 53.9 Å². The van der Waals surface area contributed by atoms with Crippen molar-refractivity contribution < 1.29 is 14.3 Å². The van der Waals surface area contributed by atoms with Gasteiger partial charge >= 0.3 is 0 Å². The second-order valence-corrected chi connectivity index (χ2v) is 7.00. The number of benzene rings is 3. The number of hydrogen-bond donors (Lipinski definition) is 1. The van der Waals surface area contributed by atoms with Gasteiger partial charge in [0.05, 0.1) is 26.3 Å². The molecule has 1 aromatic heterocycles. The number of nitrogens with one attached hydrogen (secondary N) is 1. The lowest BCUT2D eigenvalue weighted by Gasteiger charge is -2.24. The number of amides is 1. The summed E-state index contributed by atoms with van der Waals surface area (Å²) in [4.78, 5) is 30.8. The van der Waals surface area contributed by atoms with Gasteiger partial charge in [-0.2, -0.15) is 0 Å². The van der Waals surface area contributed by atoms with Crippen molar-refractivity contribution >= 4 is 22.5 Å². The number of carbonyl (C=O) groups excluding carboxylic acids is 1. The highest BCUT2D eigenvalue weighted by Crippen LogP contribution is 2.26. The summed E-state index contributed by atoms with van der Waals surface area (Å²) in [6, 6.07) is 23.6. The monoisotopic (exact) mass is 414 g/mol. The molecule has 0 fully saturated rings. The number of aromatic amines is 1. The fraction of sp³-hybridized carbons (Fsp3) is 0.120. The quantitative estimate of drug-likeness (QED) is 0.508. The summed E-state index contributed by atoms with van der Waals surface area (Å²) in [5.41, 5.74) is 2.06. The number of aromatic nitrogens is 1. The first-order valence-corrected chi connectivity index (χ1v) is 9.80. The zero-order valence-electron chi connectivity index (χ0n) is 17.3. The molecule has 1 N–H and O–H groups in total. The maximum absolute atomic E-state index is 13.6. The average Bonchev–Trinajstić information content (AvgIpc) is 2.82. The summed E-state index contributed by atoms with van der Waals surface area (Å²) in [5, 5.41) is 0.900. The number of anilines is 1. The summed E-state index contributed by atoms with van der Waals surface area (Å²) in [6.45, 7) is 0.101. The SMILES string of the molecule is COc1ccc(N(Cc2cc3ccccc3[nH]c2=O)C(=O)c2ccccc2OC)cc1. The Morgan fingerprint density at radius 2 is 1.61 bits per heavy atom. The van der Waals surface area contributed by atoms with Crippen molar-refractivity contribution in [1.29, 1.82) is 0 Å². The summed E-state index contributed by atoms with van der Waals surface area (Å²) < 4.78 is 10.6. The number of carbonyl (C=O) groups is 1. The molecular weight excluding hydrogens is 392 g/mol. The van der Waals surface area contributed by atoms with Crippen molar-refractivity contribution in [2.75, 3.05) is 19.1 Å². The van der Waals surface area contributed by atoms with Gasteiger partial charge in [0.15, 0.2) is 0 Å². The lowest BCUT2D eigenvalue weighted by Crippen LogP contribution is -2.33. The van der Waals surface area contributed by atoms with Crippen LogP contribution < -0.4 is 19.9 Å². The van der Waals surface area contributed by atoms with Gasteiger partial charge in [-0.25, -0.2) is 0 Å². The van der Waals surface area contributed by atoms with E-state index in [1.807, 2.05) is 30.3 Å². The van der Waals surface area contributed by atoms with Crippen molar-refractivity contribution in [1.82, 2.24) is 4.98 Å². The normalized spacial score (nSPS) is 10.6. The number of methoxy groups -OCH3 is 2. The van der Waals surface area contributed by atoms with Crippen molar-refractivity contribution in [2.45, 2.75) is 6.54 Å². The van der Waals surface area contributed by atoms with Crippen LogP contribution in [-0.2, 0) is 6.54 Å². The molecular formula is C25H22N2O4. The molecule has 6 heteroatoms. The van der Waals surface area contributed by atoms with E-state index in [4.69, 9.17) is 9.47 Å². The van der Waals surface area contributed by atoms with E-state index >= 15 is 0 Å². The van der Waals surface area contributed by atoms with E-state index in [1.165, 1.54) is 7.11 Å². The predicted molar refractivity (Wildman–Crippen MR) is 121 cm³/mol. The molecule has 0 spiro atoms. The van der Waals surface area contributed by atoms with Crippen LogP contribution in [0.15, 0.2) is 83.7 Å². The third kappa shape index (κ3) is 4.14. The van der Waals surface area contributed by atoms with Gasteiger partial charge in [-0.15, -0.1) is 0 Å². The van der Waals surface area contributed by atoms with E-state index in [-0.39, 0.29) is 18.0 Å². The van der Waals surface area contributed by atoms with E-state index in [0.717, 1.165) is 10.9 Å². The molecule has 0 radical (unpaired) electrons. The van der Waals surface area contributed by atoms with Gasteiger partial charge in [-0.1, -0.05) is 30.3 Å². The van der Waals surface area contributed by atoms with E-state index in [1.54, 1.807) is 60.5 Å². The van der Waals surface area contributed by atoms with Crippen LogP contribution in [0, 0.1) is 0 Å². The molecule has 0 aliphatic carbocycles. The maximum Gasteiger partial charge on any atom is 0.262 e. The van der Waals surface area contributed by atoms with Crippen LogP contribution in [-0.4, -0.2) is 25.1 Å². The fourth-order valence-electron chi connectivity index (χ4n) is 3.49. The van der Waals surface area contributed by atoms with E-state index < -0.39 is 0 Å². The van der Waals surface area contributed by atoms with Crippen LogP contribution in [0.3, 0.4) is 0 Å². The first kappa shape index (κ1) is 20.2. The molecule has 6 nitrogen and oxygen atoms in total. The van der Waals surface area contributed by atoms with Crippen LogP contribution >= 0.6 is 0 Å². The standard InChI is InChI=1S/C25H22N2O4/c1-30-20-13-11-19(12-14-20)27(25(29)21-8-4-6-10-23(21)31-2)16-18-15-17-7-3-5-9-22(17)26-24(18)28/h3-15H,16H2,1-2H3,(H,26,28). The molecule has 4 aromatic rings. The smallest absolute Gasteiger partial charge is 0.262 e. The molecule has 3 aromatic carbocycles. The Morgan fingerprint density at radius 1 is 0.903 bits per heavy atom. The van der Waals surface area contributed by atoms with E-state index in [2.05, 4.69) is 4.98 Å². The summed E-state index contributed by atoms with van der Waals surface area (Å²) in [5.74, 6) is 0.880. The number of rotatable bonds is 6. The number of para-hydroxylation sites is 2. The maximum atomic E-state index is 13.6. The molecule has 0 bridgehead atoms. The summed E-state index contributed by atoms with van der Waals surface area (Å²) >= 11 is 0. The summed E-state index contributed by atoms with van der Waals surface area (Å²) in [7, 11) is 3.11. The van der Waals surface area contributed by atoms with Crippen molar-refractivity contribution in [2.24, 2.45) is 0 Å². The number of ether oxygens (including phenoxy) is 2. The van der Waals surface area contributed by atoms with Gasteiger partial charge < -0.3 is 19.4 Å². The molecule has 4 rings (SSSR count). The lowest BCUT2D eigenvalue weighted by atomic mass is 10.1. The molecule has 156 valence electrons. The van der Waals surface area contributed by atoms with E-state index in [9.17, 15) is 9.59 Å². The Balaban J connectivity index is 1.79. The fourth-order valence-corrected chi connectivity index (χ4v) is 3.49. The van der Waals surface area contributed by atoms with Crippen LogP contribution in [0.1, 0.15) is 15.9 Å². The minimum atomic E-state index is -0.268. The first-order chi connectivity index (χ1) is 15.1. The van der Waals surface area contributed by atoms with Crippen molar-refractivity contribution in [3.05, 3.63) is 100 Å². The largest absolute Gasteiger partial charge is 0.497 e. The highest BCUT2D eigenvalue weighted by molar-refractivity contribution is 6.07. The number of fused-ring (bicyclic) bond motifs is 1. The Hall–Kier alpha value is -4.06. The lowest BCUT2D eigenvalue weighted by molar-refractivity contribution is 0.0982. The first-order valence-electron chi connectivity index (χ1n) is 9.80. The highest BCUT2D eigenvalue weighted by Gasteiger charge is 2.22. The Kier molecular flexibility index (Phi) is 5.71. The Morgan fingerprint density at radius 3 is 2.35 bits per heavy atom. The topological polar surface area (TPSA) is 71.6 Å². The van der Waals surface area contributed by atoms with Crippen LogP contribution in [0.5, 0.6) is 11.5 Å². The summed E-state index contributed by atoms with van der Waals surface area (Å²) in [6.07, 6.45) is 0. The Labute approximate surface area is 179 Å². The number of H-pyrrole nitrogens is 1. The third-order valence-corrected chi connectivity index (χ3v) is 5.13. The van der Waals surface area contributed by atoms with Gasteiger partial charge in [0.2, 0.25) is 0 Å². The minimum absolute atomic E-state index is 0.101. The van der Waals surface area contributed by atoms with Crippen LogP contribution in [0.25, 0.3) is 10.9 Å².